The Kier molecular flexibility index (Phi) is 7.30. The highest BCUT2D eigenvalue weighted by molar-refractivity contribution is 4.82. The normalized spacial score (nSPS) is 17.8. The van der Waals surface area contributed by atoms with Gasteiger partial charge < -0.3 is 5.32 Å². The first-order chi connectivity index (χ1) is 7.31. The van der Waals surface area contributed by atoms with Gasteiger partial charge >= 0.3 is 0 Å². The predicted octanol–water partition coefficient (Wildman–Crippen LogP) is 4.47. The lowest BCUT2D eigenvalue weighted by molar-refractivity contribution is 0.154. The average Bonchev–Trinajstić information content (AvgIpc) is 2.14. The molecule has 0 aromatic rings. The van der Waals surface area contributed by atoms with Gasteiger partial charge in [-0.25, -0.2) is 0 Å². The number of hydrogen-bond donors (Lipinski definition) is 1. The van der Waals surface area contributed by atoms with Crippen molar-refractivity contribution in [3.05, 3.63) is 0 Å². The maximum absolute atomic E-state index is 3.61. The van der Waals surface area contributed by atoms with E-state index in [1.807, 2.05) is 0 Å². The van der Waals surface area contributed by atoms with Crippen molar-refractivity contribution in [2.24, 2.45) is 17.3 Å². The highest BCUT2D eigenvalue weighted by Gasteiger charge is 2.29. The molecule has 0 rings (SSSR count). The maximum atomic E-state index is 3.61. The second-order valence-electron chi connectivity index (χ2n) is 6.44. The molecule has 0 aromatic carbocycles. The first-order valence-corrected chi connectivity index (χ1v) is 7.05. The van der Waals surface area contributed by atoms with E-state index in [-0.39, 0.29) is 0 Å². The lowest BCUT2D eigenvalue weighted by Gasteiger charge is -2.37. The van der Waals surface area contributed by atoms with Crippen molar-refractivity contribution in [1.29, 1.82) is 0 Å². The largest absolute Gasteiger partial charge is 0.314 e. The molecule has 1 nitrogen and oxygen atoms in total. The van der Waals surface area contributed by atoms with E-state index in [0.29, 0.717) is 11.5 Å². The van der Waals surface area contributed by atoms with Crippen LogP contribution in [0.25, 0.3) is 0 Å². The van der Waals surface area contributed by atoms with Gasteiger partial charge in [0.1, 0.15) is 0 Å². The molecule has 0 bridgehead atoms. The van der Waals surface area contributed by atoms with Crippen LogP contribution in [0.3, 0.4) is 0 Å². The van der Waals surface area contributed by atoms with Crippen LogP contribution in [0, 0.1) is 17.3 Å². The molecule has 98 valence electrons. The van der Waals surface area contributed by atoms with Crippen molar-refractivity contribution < 1.29 is 0 Å². The molecule has 2 atom stereocenters. The van der Waals surface area contributed by atoms with E-state index in [4.69, 9.17) is 0 Å². The van der Waals surface area contributed by atoms with Crippen LogP contribution in [0.5, 0.6) is 0 Å². The minimum absolute atomic E-state index is 0.443. The fourth-order valence-corrected chi connectivity index (χ4v) is 2.34. The van der Waals surface area contributed by atoms with Crippen LogP contribution < -0.4 is 5.32 Å². The van der Waals surface area contributed by atoms with Gasteiger partial charge in [-0.1, -0.05) is 61.3 Å². The Morgan fingerprint density at radius 2 is 1.62 bits per heavy atom. The van der Waals surface area contributed by atoms with Crippen molar-refractivity contribution >= 4 is 0 Å². The minimum Gasteiger partial charge on any atom is -0.314 e. The summed E-state index contributed by atoms with van der Waals surface area (Å²) in [5, 5.41) is 3.61. The summed E-state index contributed by atoms with van der Waals surface area (Å²) in [4.78, 5) is 0. The Morgan fingerprint density at radius 1 is 1.06 bits per heavy atom. The average molecular weight is 227 g/mol. The Balaban J connectivity index is 4.32. The van der Waals surface area contributed by atoms with E-state index in [0.717, 1.165) is 18.4 Å². The zero-order valence-corrected chi connectivity index (χ0v) is 12.6. The highest BCUT2D eigenvalue weighted by atomic mass is 14.9. The quantitative estimate of drug-likeness (QED) is 0.645. The van der Waals surface area contributed by atoms with Gasteiger partial charge in [0.15, 0.2) is 0 Å². The predicted molar refractivity (Wildman–Crippen MR) is 74.8 cm³/mol. The summed E-state index contributed by atoms with van der Waals surface area (Å²) in [6.07, 6.45) is 4.02. The molecule has 0 aliphatic carbocycles. The molecule has 0 heterocycles. The summed E-state index contributed by atoms with van der Waals surface area (Å²) in [5.41, 5.74) is 0.443. The third-order valence-electron chi connectivity index (χ3n) is 3.90. The summed E-state index contributed by atoms with van der Waals surface area (Å²) >= 11 is 0. The van der Waals surface area contributed by atoms with E-state index < -0.39 is 0 Å². The molecular formula is C15H33N. The molecule has 0 aromatic heterocycles. The van der Waals surface area contributed by atoms with Crippen molar-refractivity contribution in [3.8, 4) is 0 Å². The molecule has 16 heavy (non-hydrogen) atoms. The number of rotatable bonds is 8. The molecule has 0 spiro atoms. The van der Waals surface area contributed by atoms with Gasteiger partial charge in [0.25, 0.3) is 0 Å². The van der Waals surface area contributed by atoms with Gasteiger partial charge in [-0.3, -0.25) is 0 Å². The number of nitrogens with one attached hydrogen (secondary N) is 1. The van der Waals surface area contributed by atoms with E-state index >= 15 is 0 Å². The Bertz CT molecular complexity index is 174. The van der Waals surface area contributed by atoms with Crippen LogP contribution in [0.2, 0.25) is 0 Å². The molecule has 0 aliphatic heterocycles. The second kappa shape index (κ2) is 7.32. The molecule has 2 unspecified atom stereocenters. The lowest BCUT2D eigenvalue weighted by atomic mass is 9.72. The van der Waals surface area contributed by atoms with Gasteiger partial charge in [-0.2, -0.15) is 0 Å². The standard InChI is InChI=1S/C15H33N/c1-8-9-14(6)10-15(7,12(2)3)11-16-13(4)5/h12-14,16H,8-11H2,1-7H3. The summed E-state index contributed by atoms with van der Waals surface area (Å²) < 4.78 is 0. The third kappa shape index (κ3) is 5.89. The monoisotopic (exact) mass is 227 g/mol. The summed E-state index contributed by atoms with van der Waals surface area (Å²) in [5.74, 6) is 1.60. The Labute approximate surface area is 103 Å². The smallest absolute Gasteiger partial charge is 0.00106 e. The van der Waals surface area contributed by atoms with Crippen LogP contribution in [-0.4, -0.2) is 12.6 Å². The van der Waals surface area contributed by atoms with Crippen molar-refractivity contribution in [2.75, 3.05) is 6.54 Å². The van der Waals surface area contributed by atoms with E-state index in [2.05, 4.69) is 53.8 Å². The van der Waals surface area contributed by atoms with Crippen LogP contribution in [0.15, 0.2) is 0 Å². The first kappa shape index (κ1) is 16.0. The van der Waals surface area contributed by atoms with E-state index in [9.17, 15) is 0 Å². The van der Waals surface area contributed by atoms with Crippen LogP contribution in [-0.2, 0) is 0 Å². The zero-order chi connectivity index (χ0) is 12.8. The minimum atomic E-state index is 0.443. The summed E-state index contributed by atoms with van der Waals surface area (Å²) in [6.45, 7) is 17.5. The number of hydrogen-bond acceptors (Lipinski definition) is 1. The molecule has 1 heteroatoms. The van der Waals surface area contributed by atoms with Gasteiger partial charge in [0.2, 0.25) is 0 Å². The van der Waals surface area contributed by atoms with Crippen molar-refractivity contribution in [2.45, 2.75) is 73.8 Å². The highest BCUT2D eigenvalue weighted by Crippen LogP contribution is 2.35. The molecule has 0 fully saturated rings. The topological polar surface area (TPSA) is 12.0 Å². The molecule has 0 radical (unpaired) electrons. The second-order valence-corrected chi connectivity index (χ2v) is 6.44. The van der Waals surface area contributed by atoms with Crippen molar-refractivity contribution in [1.82, 2.24) is 5.32 Å². The van der Waals surface area contributed by atoms with E-state index in [1.165, 1.54) is 19.3 Å². The summed E-state index contributed by atoms with van der Waals surface area (Å²) in [6, 6.07) is 0.597. The van der Waals surface area contributed by atoms with E-state index in [1.54, 1.807) is 0 Å². The first-order valence-electron chi connectivity index (χ1n) is 7.05. The van der Waals surface area contributed by atoms with Gasteiger partial charge in [0, 0.05) is 12.6 Å². The Morgan fingerprint density at radius 3 is 2.00 bits per heavy atom. The van der Waals surface area contributed by atoms with Crippen molar-refractivity contribution in [3.63, 3.8) is 0 Å². The summed E-state index contributed by atoms with van der Waals surface area (Å²) in [7, 11) is 0. The fourth-order valence-electron chi connectivity index (χ4n) is 2.34. The third-order valence-corrected chi connectivity index (χ3v) is 3.90. The lowest BCUT2D eigenvalue weighted by Crippen LogP contribution is -2.40. The molecule has 0 saturated heterocycles. The Hall–Kier alpha value is -0.0400. The van der Waals surface area contributed by atoms with Crippen LogP contribution >= 0.6 is 0 Å². The molecule has 0 amide bonds. The molecule has 1 N–H and O–H groups in total. The van der Waals surface area contributed by atoms with Crippen LogP contribution in [0.4, 0.5) is 0 Å². The van der Waals surface area contributed by atoms with Gasteiger partial charge in [-0.05, 0) is 23.7 Å². The van der Waals surface area contributed by atoms with Gasteiger partial charge in [-0.15, -0.1) is 0 Å². The maximum Gasteiger partial charge on any atom is 0.00106 e. The fraction of sp³-hybridized carbons (Fsp3) is 1.00. The van der Waals surface area contributed by atoms with Gasteiger partial charge in [0.05, 0.1) is 0 Å². The molecular weight excluding hydrogens is 194 g/mol. The zero-order valence-electron chi connectivity index (χ0n) is 12.6. The molecule has 0 saturated carbocycles. The van der Waals surface area contributed by atoms with Crippen LogP contribution in [0.1, 0.15) is 67.7 Å². The SMILES string of the molecule is CCCC(C)CC(C)(CNC(C)C)C(C)C. The molecule has 0 aliphatic rings.